The molecular weight excluding hydrogens is 502 g/mol. The molecule has 1 spiro atoms. The van der Waals surface area contributed by atoms with Gasteiger partial charge in [0, 0.05) is 17.9 Å². The number of carbonyl (C=O) groups excluding carboxylic acids is 2. The zero-order valence-corrected chi connectivity index (χ0v) is 23.2. The lowest BCUT2D eigenvalue weighted by molar-refractivity contribution is -0.298. The molecule has 40 heavy (non-hydrogen) atoms. The summed E-state index contributed by atoms with van der Waals surface area (Å²) < 4.78 is 6.46. The maximum Gasteiger partial charge on any atom is 0.233 e. The molecule has 2 saturated heterocycles. The first kappa shape index (κ1) is 25.3. The van der Waals surface area contributed by atoms with Gasteiger partial charge in [-0.05, 0) is 67.4 Å². The first-order chi connectivity index (χ1) is 19.2. The number of ketones is 1. The second-order valence-corrected chi connectivity index (χ2v) is 12.4. The number of epoxide rings is 1. The molecule has 1 aliphatic carbocycles. The lowest BCUT2D eigenvalue weighted by Crippen LogP contribution is -2.57. The summed E-state index contributed by atoms with van der Waals surface area (Å²) in [5.74, 6) is -1.59. The number of Topliss-reactive ketones (excluding diaryl/α,β-unsaturated/α-hetero) is 1. The third-order valence-electron chi connectivity index (χ3n) is 10.1. The average molecular weight is 536 g/mol. The van der Waals surface area contributed by atoms with Gasteiger partial charge in [0.15, 0.2) is 5.78 Å². The second-order valence-electron chi connectivity index (χ2n) is 12.4. The molecular formula is C33H33N3O4-2. The van der Waals surface area contributed by atoms with E-state index in [1.165, 1.54) is 0 Å². The Morgan fingerprint density at radius 3 is 2.83 bits per heavy atom. The third-order valence-corrected chi connectivity index (χ3v) is 10.1. The van der Waals surface area contributed by atoms with Gasteiger partial charge in [-0.3, -0.25) is 14.6 Å². The van der Waals surface area contributed by atoms with Crippen LogP contribution in [-0.4, -0.2) is 35.1 Å². The molecule has 206 valence electrons. The number of carbonyl (C=O) groups is 2. The number of hydrogen-bond acceptors (Lipinski definition) is 5. The van der Waals surface area contributed by atoms with Gasteiger partial charge in [-0.1, -0.05) is 61.9 Å². The number of rotatable bonds is 2. The van der Waals surface area contributed by atoms with Crippen molar-refractivity contribution < 1.29 is 19.4 Å². The molecule has 2 bridgehead atoms. The average Bonchev–Trinajstić information content (AvgIpc) is 3.26. The van der Waals surface area contributed by atoms with Crippen LogP contribution in [-0.2, 0) is 20.7 Å². The maximum atomic E-state index is 14.4. The minimum absolute atomic E-state index is 0.0382. The van der Waals surface area contributed by atoms with E-state index in [1.807, 2.05) is 37.4 Å². The van der Waals surface area contributed by atoms with Crippen LogP contribution >= 0.6 is 0 Å². The van der Waals surface area contributed by atoms with E-state index >= 15 is 0 Å². The van der Waals surface area contributed by atoms with Crippen molar-refractivity contribution in [3.05, 3.63) is 83.4 Å². The zero-order chi connectivity index (χ0) is 28.0. The van der Waals surface area contributed by atoms with Crippen LogP contribution in [0.3, 0.4) is 0 Å². The van der Waals surface area contributed by atoms with Gasteiger partial charge in [-0.2, -0.15) is 6.20 Å². The number of amides is 1. The van der Waals surface area contributed by atoms with Crippen LogP contribution in [0.25, 0.3) is 10.9 Å². The number of allylic oxidation sites excluding steroid dienone is 5. The Labute approximate surface area is 233 Å². The van der Waals surface area contributed by atoms with Crippen LogP contribution < -0.4 is 15.4 Å². The zero-order valence-electron chi connectivity index (χ0n) is 23.2. The summed E-state index contributed by atoms with van der Waals surface area (Å²) in [4.78, 5) is 36.8. The second kappa shape index (κ2) is 8.64. The molecule has 3 fully saturated rings. The van der Waals surface area contributed by atoms with Crippen molar-refractivity contribution in [3.63, 3.8) is 0 Å². The first-order valence-electron chi connectivity index (χ1n) is 14.2. The van der Waals surface area contributed by atoms with Gasteiger partial charge in [0.05, 0.1) is 23.1 Å². The Balaban J connectivity index is 1.40. The van der Waals surface area contributed by atoms with Crippen LogP contribution in [0, 0.1) is 29.1 Å². The molecule has 5 aliphatic rings. The minimum atomic E-state index is -1.03. The molecule has 8 atom stereocenters. The number of fused-ring (bicyclic) bond motifs is 4. The van der Waals surface area contributed by atoms with E-state index in [9.17, 15) is 14.7 Å². The lowest BCUT2D eigenvalue weighted by atomic mass is 9.51. The van der Waals surface area contributed by atoms with Gasteiger partial charge in [-0.15, -0.1) is 5.52 Å². The SMILES string of the molecule is C/C1=C/[C@@H](C)C/C=C\[C@H]2[C@@H]3O[C@]3(C)[C@@H](C)[C@H]3[C@H](Cc4c[n-]c5ccccc45)NC(=O)[C@]32C2=NC(=C([O-])C1=O)C=C2. The molecule has 7 heteroatoms. The van der Waals surface area contributed by atoms with Crippen LogP contribution in [0.1, 0.15) is 39.7 Å². The van der Waals surface area contributed by atoms with E-state index in [-0.39, 0.29) is 53.0 Å². The van der Waals surface area contributed by atoms with Gasteiger partial charge in [0.2, 0.25) is 5.91 Å². The fraction of sp³-hybridized carbons (Fsp3) is 0.424. The summed E-state index contributed by atoms with van der Waals surface area (Å²) in [6, 6.07) is 7.89. The van der Waals surface area contributed by atoms with E-state index in [0.29, 0.717) is 24.1 Å². The van der Waals surface area contributed by atoms with Crippen LogP contribution in [0.4, 0.5) is 0 Å². The van der Waals surface area contributed by atoms with Gasteiger partial charge >= 0.3 is 0 Å². The Morgan fingerprint density at radius 1 is 1.20 bits per heavy atom. The van der Waals surface area contributed by atoms with E-state index in [0.717, 1.165) is 16.5 Å². The summed E-state index contributed by atoms with van der Waals surface area (Å²) in [7, 11) is 0. The normalized spacial score (nSPS) is 40.6. The predicted octanol–water partition coefficient (Wildman–Crippen LogP) is 3.56. The molecule has 1 saturated carbocycles. The van der Waals surface area contributed by atoms with E-state index in [1.54, 1.807) is 19.1 Å². The number of hydrogen-bond donors (Lipinski definition) is 1. The van der Waals surface area contributed by atoms with Crippen molar-refractivity contribution in [3.8, 4) is 0 Å². The van der Waals surface area contributed by atoms with Crippen molar-refractivity contribution in [2.75, 3.05) is 0 Å². The molecule has 1 aromatic carbocycles. The van der Waals surface area contributed by atoms with E-state index < -0.39 is 17.0 Å². The predicted molar refractivity (Wildman–Crippen MR) is 150 cm³/mol. The number of nitrogens with zero attached hydrogens (tertiary/aromatic N) is 2. The highest BCUT2D eigenvalue weighted by Crippen LogP contribution is 2.66. The van der Waals surface area contributed by atoms with Gasteiger partial charge in [-0.25, -0.2) is 0 Å². The van der Waals surface area contributed by atoms with Gasteiger partial charge in [0.1, 0.15) is 5.41 Å². The van der Waals surface area contributed by atoms with Gasteiger partial charge in [0.25, 0.3) is 0 Å². The van der Waals surface area contributed by atoms with Crippen LogP contribution in [0.5, 0.6) is 0 Å². The Bertz CT molecular complexity index is 1610. The van der Waals surface area contributed by atoms with Crippen molar-refractivity contribution in [1.29, 1.82) is 0 Å². The number of para-hydroxylation sites is 1. The number of nitrogens with one attached hydrogen (secondary N) is 1. The lowest BCUT2D eigenvalue weighted by Gasteiger charge is -2.46. The standard InChI is InChI=1S/C33H34N3O4/c1-17-8-7-10-22-30-32(4,40-30)19(3)27-25(15-20-16-34-23-11-6-5-9-21(20)23)36-31(39)33(22,27)26-13-12-24(35-26)29(38)28(37)18(2)14-17/h5-7,9-14,16-17,19,22,25,27,30H,8,15H2,1-4H3,(H,35,38)(H,36,39)/q-1/p-1/b10-7-,18-14-/t17-,19-,22-,25-,27-,30-,32+,33+/m0/s1. The highest BCUT2D eigenvalue weighted by molar-refractivity contribution is 6.18. The highest BCUT2D eigenvalue weighted by atomic mass is 16.6. The molecule has 1 N–H and O–H groups in total. The number of aliphatic imine (C=N–C) groups is 1. The Hall–Kier alpha value is -3.71. The van der Waals surface area contributed by atoms with Crippen molar-refractivity contribution in [2.24, 2.45) is 34.1 Å². The third kappa shape index (κ3) is 3.36. The fourth-order valence-corrected chi connectivity index (χ4v) is 7.98. The quantitative estimate of drug-likeness (QED) is 0.467. The van der Waals surface area contributed by atoms with E-state index in [4.69, 9.17) is 9.73 Å². The molecule has 7 nitrogen and oxygen atoms in total. The van der Waals surface area contributed by atoms with Crippen LogP contribution in [0.15, 0.2) is 82.9 Å². The molecule has 7 rings (SSSR count). The summed E-state index contributed by atoms with van der Waals surface area (Å²) in [5, 5.41) is 17.7. The number of benzene rings is 1. The van der Waals surface area contributed by atoms with Crippen molar-refractivity contribution >= 4 is 28.3 Å². The monoisotopic (exact) mass is 535 g/mol. The van der Waals surface area contributed by atoms with Crippen molar-refractivity contribution in [2.45, 2.75) is 58.3 Å². The minimum Gasteiger partial charge on any atom is -0.868 e. The topological polar surface area (TPSA) is 108 Å². The Morgan fingerprint density at radius 2 is 2.00 bits per heavy atom. The maximum absolute atomic E-state index is 14.4. The first-order valence-corrected chi connectivity index (χ1v) is 14.2. The summed E-state index contributed by atoms with van der Waals surface area (Å²) in [6.45, 7) is 8.04. The molecule has 5 heterocycles. The Kier molecular flexibility index (Phi) is 5.46. The largest absolute Gasteiger partial charge is 0.868 e. The molecule has 2 aromatic rings. The summed E-state index contributed by atoms with van der Waals surface area (Å²) >= 11 is 0. The van der Waals surface area contributed by atoms with Crippen molar-refractivity contribution in [1.82, 2.24) is 10.3 Å². The molecule has 0 unspecified atom stereocenters. The van der Waals surface area contributed by atoms with Gasteiger partial charge < -0.3 is 20.1 Å². The molecule has 1 aromatic heterocycles. The molecule has 4 aliphatic heterocycles. The summed E-state index contributed by atoms with van der Waals surface area (Å²) in [5.41, 5.74) is 1.71. The highest BCUT2D eigenvalue weighted by Gasteiger charge is 2.77. The van der Waals surface area contributed by atoms with E-state index in [2.05, 4.69) is 42.4 Å². The van der Waals surface area contributed by atoms with Crippen LogP contribution in [0.2, 0.25) is 0 Å². The number of aromatic nitrogens is 1. The molecule has 1 amide bonds. The number of ether oxygens (including phenoxy) is 1. The summed E-state index contributed by atoms with van der Waals surface area (Å²) in [6.07, 6.45) is 12.6. The fourth-order valence-electron chi connectivity index (χ4n) is 7.98. The smallest absolute Gasteiger partial charge is 0.233 e. The molecule has 0 radical (unpaired) electrons.